The summed E-state index contributed by atoms with van der Waals surface area (Å²) >= 11 is 0. The zero-order valence-corrected chi connectivity index (χ0v) is 16.0. The number of anilines is 3. The Balaban J connectivity index is 1.51. The molecule has 3 N–H and O–H groups in total. The summed E-state index contributed by atoms with van der Waals surface area (Å²) in [5, 5.41) is 11.7. The van der Waals surface area contributed by atoms with Crippen molar-refractivity contribution in [1.29, 1.82) is 0 Å². The highest BCUT2D eigenvalue weighted by Gasteiger charge is 2.22. The molecule has 0 bridgehead atoms. The summed E-state index contributed by atoms with van der Waals surface area (Å²) in [5.41, 5.74) is 3.63. The summed E-state index contributed by atoms with van der Waals surface area (Å²) in [6.07, 6.45) is 5.11. The Morgan fingerprint density at radius 1 is 1.22 bits per heavy atom. The summed E-state index contributed by atoms with van der Waals surface area (Å²) in [7, 11) is -3.32. The van der Waals surface area contributed by atoms with Gasteiger partial charge in [0.1, 0.15) is 0 Å². The van der Waals surface area contributed by atoms with Crippen molar-refractivity contribution in [3.8, 4) is 0 Å². The Morgan fingerprint density at radius 2 is 2.07 bits per heavy atom. The predicted molar refractivity (Wildman–Crippen MR) is 110 cm³/mol. The van der Waals surface area contributed by atoms with Gasteiger partial charge in [-0.2, -0.15) is 5.10 Å². The maximum Gasteiger partial charge on any atom is 0.229 e. The number of sulfonamides is 1. The minimum Gasteiger partial charge on any atom is -0.381 e. The smallest absolute Gasteiger partial charge is 0.229 e. The second-order valence-electron chi connectivity index (χ2n) is 6.99. The van der Waals surface area contributed by atoms with Crippen LogP contribution in [0.5, 0.6) is 0 Å². The molecule has 1 atom stereocenters. The number of aromatic nitrogens is 2. The van der Waals surface area contributed by atoms with Gasteiger partial charge in [0.25, 0.3) is 0 Å². The Labute approximate surface area is 158 Å². The van der Waals surface area contributed by atoms with E-state index in [1.165, 1.54) is 6.26 Å². The minimum absolute atomic E-state index is 0.286. The van der Waals surface area contributed by atoms with Crippen molar-refractivity contribution in [2.45, 2.75) is 18.9 Å². The molecule has 2 heterocycles. The van der Waals surface area contributed by atoms with Gasteiger partial charge in [-0.1, -0.05) is 12.1 Å². The third-order valence-corrected chi connectivity index (χ3v) is 5.36. The van der Waals surface area contributed by atoms with Crippen LogP contribution in [0.2, 0.25) is 0 Å². The van der Waals surface area contributed by atoms with Crippen LogP contribution in [0, 0.1) is 0 Å². The van der Waals surface area contributed by atoms with Crippen LogP contribution in [0.1, 0.15) is 12.8 Å². The van der Waals surface area contributed by atoms with E-state index in [-0.39, 0.29) is 6.04 Å². The largest absolute Gasteiger partial charge is 0.381 e. The molecule has 1 saturated heterocycles. The molecule has 0 spiro atoms. The highest BCUT2D eigenvalue weighted by Crippen LogP contribution is 2.30. The Morgan fingerprint density at radius 3 is 2.93 bits per heavy atom. The molecule has 1 aromatic heterocycles. The number of piperidine rings is 1. The van der Waals surface area contributed by atoms with E-state index in [9.17, 15) is 8.42 Å². The van der Waals surface area contributed by atoms with Crippen molar-refractivity contribution < 1.29 is 8.42 Å². The molecule has 2 aromatic carbocycles. The molecule has 1 fully saturated rings. The number of hydrogen-bond donors (Lipinski definition) is 3. The first kappa shape index (κ1) is 17.7. The highest BCUT2D eigenvalue weighted by atomic mass is 32.2. The lowest BCUT2D eigenvalue weighted by Crippen LogP contribution is -2.42. The van der Waals surface area contributed by atoms with Crippen molar-refractivity contribution >= 4 is 38.0 Å². The summed E-state index contributed by atoms with van der Waals surface area (Å²) in [4.78, 5) is 2.24. The molecule has 7 nitrogen and oxygen atoms in total. The Hall–Kier alpha value is -2.74. The van der Waals surface area contributed by atoms with E-state index in [2.05, 4.69) is 37.3 Å². The van der Waals surface area contributed by atoms with Crippen molar-refractivity contribution in [1.82, 2.24) is 10.2 Å². The molecule has 0 aliphatic carbocycles. The van der Waals surface area contributed by atoms with E-state index in [0.717, 1.165) is 48.2 Å². The average Bonchev–Trinajstić information content (AvgIpc) is 3.09. The van der Waals surface area contributed by atoms with Crippen LogP contribution in [-0.2, 0) is 10.0 Å². The van der Waals surface area contributed by atoms with Crippen LogP contribution >= 0.6 is 0 Å². The number of hydrogen-bond acceptors (Lipinski definition) is 5. The van der Waals surface area contributed by atoms with Gasteiger partial charge in [0.15, 0.2) is 0 Å². The first-order chi connectivity index (χ1) is 13.0. The number of aromatic amines is 1. The average molecular weight is 385 g/mol. The van der Waals surface area contributed by atoms with Crippen molar-refractivity contribution in [2.75, 3.05) is 34.3 Å². The van der Waals surface area contributed by atoms with Crippen molar-refractivity contribution in [3.05, 3.63) is 48.7 Å². The third kappa shape index (κ3) is 4.16. The monoisotopic (exact) mass is 385 g/mol. The number of fused-ring (bicyclic) bond motifs is 1. The van der Waals surface area contributed by atoms with E-state index >= 15 is 0 Å². The molecule has 0 saturated carbocycles. The van der Waals surface area contributed by atoms with Crippen LogP contribution in [-0.4, -0.2) is 44.0 Å². The number of rotatable bonds is 5. The molecule has 1 aliphatic rings. The molecule has 1 aliphatic heterocycles. The lowest BCUT2D eigenvalue weighted by molar-refractivity contribution is 0.530. The molecular weight excluding hydrogens is 362 g/mol. The topological polar surface area (TPSA) is 90.1 Å². The first-order valence-corrected chi connectivity index (χ1v) is 10.9. The number of para-hydroxylation sites is 2. The fourth-order valence-electron chi connectivity index (χ4n) is 3.62. The number of nitrogens with one attached hydrogen (secondary N) is 3. The Kier molecular flexibility index (Phi) is 4.65. The van der Waals surface area contributed by atoms with Crippen LogP contribution < -0.4 is 14.9 Å². The van der Waals surface area contributed by atoms with E-state index < -0.39 is 10.0 Å². The maximum atomic E-state index is 11.7. The van der Waals surface area contributed by atoms with E-state index in [0.29, 0.717) is 5.69 Å². The van der Waals surface area contributed by atoms with Gasteiger partial charge >= 0.3 is 0 Å². The lowest BCUT2D eigenvalue weighted by atomic mass is 10.0. The Bertz CT molecular complexity index is 1050. The second-order valence-corrected chi connectivity index (χ2v) is 8.74. The third-order valence-electron chi connectivity index (χ3n) is 4.77. The second kappa shape index (κ2) is 7.11. The maximum absolute atomic E-state index is 11.7. The molecular formula is C19H23N5O2S. The molecule has 1 unspecified atom stereocenters. The van der Waals surface area contributed by atoms with E-state index in [1.54, 1.807) is 6.07 Å². The van der Waals surface area contributed by atoms with Crippen molar-refractivity contribution in [2.24, 2.45) is 0 Å². The minimum atomic E-state index is -3.32. The van der Waals surface area contributed by atoms with Gasteiger partial charge in [-0.05, 0) is 43.2 Å². The van der Waals surface area contributed by atoms with Gasteiger partial charge < -0.3 is 10.2 Å². The summed E-state index contributed by atoms with van der Waals surface area (Å²) < 4.78 is 26.0. The highest BCUT2D eigenvalue weighted by molar-refractivity contribution is 7.92. The van der Waals surface area contributed by atoms with Crippen LogP contribution in [0.3, 0.4) is 0 Å². The van der Waals surface area contributed by atoms with Gasteiger partial charge in [0.2, 0.25) is 10.0 Å². The predicted octanol–water partition coefficient (Wildman–Crippen LogP) is 3.02. The summed E-state index contributed by atoms with van der Waals surface area (Å²) in [6, 6.07) is 14.0. The van der Waals surface area contributed by atoms with Gasteiger partial charge in [-0.3, -0.25) is 9.82 Å². The number of nitrogens with zero attached hydrogens (tertiary/aromatic N) is 2. The molecule has 4 rings (SSSR count). The molecule has 27 heavy (non-hydrogen) atoms. The zero-order valence-electron chi connectivity index (χ0n) is 15.1. The lowest BCUT2D eigenvalue weighted by Gasteiger charge is -2.36. The van der Waals surface area contributed by atoms with Crippen LogP contribution in [0.4, 0.5) is 17.1 Å². The van der Waals surface area contributed by atoms with E-state index in [4.69, 9.17) is 0 Å². The zero-order chi connectivity index (χ0) is 18.9. The first-order valence-electron chi connectivity index (χ1n) is 8.99. The van der Waals surface area contributed by atoms with Crippen molar-refractivity contribution in [3.63, 3.8) is 0 Å². The fourth-order valence-corrected chi connectivity index (χ4v) is 4.19. The standard InChI is InChI=1S/C19H23N5O2S/c1-27(25,26)23-18-6-2-3-7-19(18)24-10-4-5-16(13-24)21-15-8-9-17-14(11-15)12-20-22-17/h2-3,6-9,11-12,16,21,23H,4-5,10,13H2,1H3,(H,20,22). The van der Waals surface area contributed by atoms with Gasteiger partial charge in [-0.25, -0.2) is 8.42 Å². The van der Waals surface area contributed by atoms with Crippen LogP contribution in [0.15, 0.2) is 48.7 Å². The fraction of sp³-hybridized carbons (Fsp3) is 0.316. The SMILES string of the molecule is CS(=O)(=O)Nc1ccccc1N1CCCC(Nc2ccc3[nH]ncc3c2)C1. The molecule has 0 amide bonds. The normalized spacial score (nSPS) is 17.8. The van der Waals surface area contributed by atoms with Gasteiger partial charge in [0, 0.05) is 30.2 Å². The quantitative estimate of drug-likeness (QED) is 0.628. The number of H-pyrrole nitrogens is 1. The molecule has 3 aromatic rings. The molecule has 142 valence electrons. The molecule has 8 heteroatoms. The summed E-state index contributed by atoms with van der Waals surface area (Å²) in [6.45, 7) is 1.72. The van der Waals surface area contributed by atoms with Gasteiger partial charge in [-0.15, -0.1) is 0 Å². The molecule has 0 radical (unpaired) electrons. The number of benzene rings is 2. The van der Waals surface area contributed by atoms with Gasteiger partial charge in [0.05, 0.1) is 29.3 Å². The summed E-state index contributed by atoms with van der Waals surface area (Å²) in [5.74, 6) is 0. The van der Waals surface area contributed by atoms with E-state index in [1.807, 2.05) is 30.5 Å². The van der Waals surface area contributed by atoms with Crippen LogP contribution in [0.25, 0.3) is 10.9 Å².